The first-order chi connectivity index (χ1) is 7.60. The van der Waals surface area contributed by atoms with E-state index < -0.39 is 0 Å². The molecule has 1 N–H and O–H groups in total. The molecule has 0 aromatic carbocycles. The zero-order chi connectivity index (χ0) is 12.4. The zero-order valence-corrected chi connectivity index (χ0v) is 11.3. The molecular weight excluding hydrogens is 206 g/mol. The molecule has 0 amide bonds. The predicted molar refractivity (Wildman–Crippen MR) is 65.8 cm³/mol. The second-order valence-corrected chi connectivity index (χ2v) is 4.25. The van der Waals surface area contributed by atoms with Gasteiger partial charge in [0.05, 0.1) is 25.4 Å². The van der Waals surface area contributed by atoms with Crippen LogP contribution in [0.5, 0.6) is 0 Å². The lowest BCUT2D eigenvalue weighted by Crippen LogP contribution is -2.38. The van der Waals surface area contributed by atoms with Gasteiger partial charge in [0, 0.05) is 26.3 Å². The molecule has 4 nitrogen and oxygen atoms in total. The Morgan fingerprint density at radius 1 is 1.12 bits per heavy atom. The molecule has 0 bridgehead atoms. The van der Waals surface area contributed by atoms with E-state index in [1.807, 2.05) is 13.8 Å². The summed E-state index contributed by atoms with van der Waals surface area (Å²) < 4.78 is 16.3. The normalized spacial score (nSPS) is 15.4. The van der Waals surface area contributed by atoms with Gasteiger partial charge < -0.3 is 19.5 Å². The van der Waals surface area contributed by atoms with Crippen LogP contribution in [-0.4, -0.2) is 51.7 Å². The third-order valence-electron chi connectivity index (χ3n) is 2.09. The maximum Gasteiger partial charge on any atom is 0.0937 e. The van der Waals surface area contributed by atoms with Gasteiger partial charge in [-0.3, -0.25) is 0 Å². The van der Waals surface area contributed by atoms with Crippen LogP contribution in [0.25, 0.3) is 0 Å². The summed E-state index contributed by atoms with van der Waals surface area (Å²) >= 11 is 0. The zero-order valence-electron chi connectivity index (χ0n) is 11.3. The number of hydrogen-bond acceptors (Lipinski definition) is 4. The lowest BCUT2D eigenvalue weighted by atomic mass is 10.3. The highest BCUT2D eigenvalue weighted by molar-refractivity contribution is 4.65. The molecule has 2 unspecified atom stereocenters. The molecule has 0 aromatic rings. The van der Waals surface area contributed by atoms with Crippen molar-refractivity contribution in [2.24, 2.45) is 0 Å². The van der Waals surface area contributed by atoms with E-state index in [0.29, 0.717) is 19.3 Å². The number of nitrogens with one attached hydrogen (secondary N) is 1. The van der Waals surface area contributed by atoms with Crippen molar-refractivity contribution in [3.63, 3.8) is 0 Å². The molecule has 0 heterocycles. The molecule has 0 spiro atoms. The van der Waals surface area contributed by atoms with Crippen LogP contribution in [0.4, 0.5) is 0 Å². The minimum absolute atomic E-state index is 0.0860. The maximum absolute atomic E-state index is 5.83. The molecule has 0 saturated carbocycles. The van der Waals surface area contributed by atoms with Crippen LogP contribution in [0.2, 0.25) is 0 Å². The SMILES string of the molecule is CCOCC(C)OC(CNC(C)C)COC. The number of methoxy groups -OCH3 is 1. The van der Waals surface area contributed by atoms with Crippen molar-refractivity contribution < 1.29 is 14.2 Å². The van der Waals surface area contributed by atoms with Crippen molar-refractivity contribution in [2.75, 3.05) is 33.5 Å². The monoisotopic (exact) mass is 233 g/mol. The Balaban J connectivity index is 3.81. The molecule has 16 heavy (non-hydrogen) atoms. The van der Waals surface area contributed by atoms with Crippen LogP contribution < -0.4 is 5.32 Å². The van der Waals surface area contributed by atoms with Crippen molar-refractivity contribution in [3.8, 4) is 0 Å². The summed E-state index contributed by atoms with van der Waals surface area (Å²) in [6.07, 6.45) is 0.192. The highest BCUT2D eigenvalue weighted by Gasteiger charge is 2.13. The van der Waals surface area contributed by atoms with Gasteiger partial charge in [0.25, 0.3) is 0 Å². The Bertz CT molecular complexity index is 153. The molecule has 2 atom stereocenters. The van der Waals surface area contributed by atoms with Gasteiger partial charge in [0.2, 0.25) is 0 Å². The Labute approximate surface area is 99.6 Å². The van der Waals surface area contributed by atoms with E-state index in [2.05, 4.69) is 19.2 Å². The predicted octanol–water partition coefficient (Wildman–Crippen LogP) is 1.44. The van der Waals surface area contributed by atoms with Crippen molar-refractivity contribution in [1.82, 2.24) is 5.32 Å². The van der Waals surface area contributed by atoms with E-state index in [1.54, 1.807) is 7.11 Å². The van der Waals surface area contributed by atoms with E-state index in [0.717, 1.165) is 13.2 Å². The van der Waals surface area contributed by atoms with Crippen LogP contribution >= 0.6 is 0 Å². The van der Waals surface area contributed by atoms with Crippen molar-refractivity contribution in [2.45, 2.75) is 45.9 Å². The summed E-state index contributed by atoms with van der Waals surface area (Å²) in [5.41, 5.74) is 0. The second kappa shape index (κ2) is 10.0. The Hall–Kier alpha value is -0.160. The van der Waals surface area contributed by atoms with Gasteiger partial charge in [-0.25, -0.2) is 0 Å². The fourth-order valence-corrected chi connectivity index (χ4v) is 1.35. The molecule has 0 fully saturated rings. The minimum atomic E-state index is 0.0860. The van der Waals surface area contributed by atoms with Crippen LogP contribution in [-0.2, 0) is 14.2 Å². The average molecular weight is 233 g/mol. The number of rotatable bonds is 10. The maximum atomic E-state index is 5.83. The highest BCUT2D eigenvalue weighted by atomic mass is 16.6. The second-order valence-electron chi connectivity index (χ2n) is 4.25. The van der Waals surface area contributed by atoms with Crippen LogP contribution in [0.3, 0.4) is 0 Å². The smallest absolute Gasteiger partial charge is 0.0937 e. The lowest BCUT2D eigenvalue weighted by molar-refractivity contribution is -0.0698. The van der Waals surface area contributed by atoms with Crippen molar-refractivity contribution >= 4 is 0 Å². The fourth-order valence-electron chi connectivity index (χ4n) is 1.35. The van der Waals surface area contributed by atoms with Gasteiger partial charge in [-0.1, -0.05) is 13.8 Å². The van der Waals surface area contributed by atoms with Gasteiger partial charge in [-0.05, 0) is 13.8 Å². The number of hydrogen-bond donors (Lipinski definition) is 1. The van der Waals surface area contributed by atoms with Gasteiger partial charge in [-0.15, -0.1) is 0 Å². The van der Waals surface area contributed by atoms with Crippen molar-refractivity contribution in [1.29, 1.82) is 0 Å². The van der Waals surface area contributed by atoms with Crippen molar-refractivity contribution in [3.05, 3.63) is 0 Å². The average Bonchev–Trinajstić information content (AvgIpc) is 2.23. The molecule has 0 aliphatic carbocycles. The quantitative estimate of drug-likeness (QED) is 0.620. The first kappa shape index (κ1) is 15.8. The summed E-state index contributed by atoms with van der Waals surface area (Å²) in [5, 5.41) is 3.35. The van der Waals surface area contributed by atoms with E-state index in [9.17, 15) is 0 Å². The highest BCUT2D eigenvalue weighted by Crippen LogP contribution is 2.00. The van der Waals surface area contributed by atoms with Crippen LogP contribution in [0, 0.1) is 0 Å². The lowest BCUT2D eigenvalue weighted by Gasteiger charge is -2.23. The van der Waals surface area contributed by atoms with Gasteiger partial charge >= 0.3 is 0 Å². The molecule has 98 valence electrons. The molecule has 0 aliphatic heterocycles. The molecular formula is C12H27NO3. The standard InChI is InChI=1S/C12H27NO3/c1-6-15-8-11(4)16-12(9-14-5)7-13-10(2)3/h10-13H,6-9H2,1-5H3. The Kier molecular flexibility index (Phi) is 9.92. The molecule has 0 aromatic heterocycles. The van der Waals surface area contributed by atoms with Crippen LogP contribution in [0.1, 0.15) is 27.7 Å². The van der Waals surface area contributed by atoms with E-state index in [1.165, 1.54) is 0 Å². The van der Waals surface area contributed by atoms with Gasteiger partial charge in [0.15, 0.2) is 0 Å². The van der Waals surface area contributed by atoms with Gasteiger partial charge in [0.1, 0.15) is 0 Å². The molecule has 0 radical (unpaired) electrons. The molecule has 0 rings (SSSR count). The third kappa shape index (κ3) is 9.09. The van der Waals surface area contributed by atoms with E-state index in [-0.39, 0.29) is 12.2 Å². The molecule has 0 saturated heterocycles. The Morgan fingerprint density at radius 2 is 1.81 bits per heavy atom. The molecule has 0 aliphatic rings. The van der Waals surface area contributed by atoms with E-state index in [4.69, 9.17) is 14.2 Å². The van der Waals surface area contributed by atoms with E-state index >= 15 is 0 Å². The summed E-state index contributed by atoms with van der Waals surface area (Å²) in [4.78, 5) is 0. The first-order valence-electron chi connectivity index (χ1n) is 6.05. The fraction of sp³-hybridized carbons (Fsp3) is 1.00. The summed E-state index contributed by atoms with van der Waals surface area (Å²) in [5.74, 6) is 0. The summed E-state index contributed by atoms with van der Waals surface area (Å²) in [6.45, 7) is 11.0. The molecule has 4 heteroatoms. The summed E-state index contributed by atoms with van der Waals surface area (Å²) in [6, 6.07) is 0.463. The van der Waals surface area contributed by atoms with Gasteiger partial charge in [-0.2, -0.15) is 0 Å². The minimum Gasteiger partial charge on any atom is -0.382 e. The largest absolute Gasteiger partial charge is 0.382 e. The number of ether oxygens (including phenoxy) is 3. The third-order valence-corrected chi connectivity index (χ3v) is 2.09. The Morgan fingerprint density at radius 3 is 2.31 bits per heavy atom. The summed E-state index contributed by atoms with van der Waals surface area (Å²) in [7, 11) is 1.69. The topological polar surface area (TPSA) is 39.7 Å². The van der Waals surface area contributed by atoms with Crippen LogP contribution in [0.15, 0.2) is 0 Å². The first-order valence-corrected chi connectivity index (χ1v) is 6.05.